The number of nitrogens with zero attached hydrogens (tertiary/aromatic N) is 1. The van der Waals surface area contributed by atoms with Gasteiger partial charge in [-0.25, -0.2) is 4.39 Å². The first-order chi connectivity index (χ1) is 10.6. The monoisotopic (exact) mass is 307 g/mol. The standard InChI is InChI=1S/C17H22FNO3/c1-21-7-6-13-9-17(22-10-13)11-19(12-17)16(20)8-14-4-2-3-5-15(14)18/h2-5,13H,6-12H2,1H3. The molecule has 1 amide bonds. The molecule has 0 N–H and O–H groups in total. The molecule has 1 unspecified atom stereocenters. The molecule has 1 aromatic rings. The highest BCUT2D eigenvalue weighted by Crippen LogP contribution is 2.39. The van der Waals surface area contributed by atoms with Crippen LogP contribution in [0.2, 0.25) is 0 Å². The number of carbonyl (C=O) groups is 1. The molecule has 2 aliphatic heterocycles. The predicted molar refractivity (Wildman–Crippen MR) is 80.0 cm³/mol. The maximum Gasteiger partial charge on any atom is 0.227 e. The molecule has 1 aromatic carbocycles. The summed E-state index contributed by atoms with van der Waals surface area (Å²) in [5.74, 6) is 0.172. The molecule has 0 bridgehead atoms. The van der Waals surface area contributed by atoms with Gasteiger partial charge in [-0.15, -0.1) is 0 Å². The van der Waals surface area contributed by atoms with Crippen LogP contribution in [0.3, 0.4) is 0 Å². The number of likely N-dealkylation sites (tertiary alicyclic amines) is 1. The zero-order valence-corrected chi connectivity index (χ0v) is 12.9. The fraction of sp³-hybridized carbons (Fsp3) is 0.588. The molecule has 1 atom stereocenters. The third-order valence-corrected chi connectivity index (χ3v) is 4.63. The molecule has 2 saturated heterocycles. The van der Waals surface area contributed by atoms with Crippen LogP contribution in [0, 0.1) is 11.7 Å². The van der Waals surface area contributed by atoms with Crippen molar-refractivity contribution in [2.75, 3.05) is 33.4 Å². The van der Waals surface area contributed by atoms with Crippen LogP contribution in [0.4, 0.5) is 4.39 Å². The summed E-state index contributed by atoms with van der Waals surface area (Å²) in [7, 11) is 1.71. The van der Waals surface area contributed by atoms with Gasteiger partial charge in [0.15, 0.2) is 0 Å². The average molecular weight is 307 g/mol. The molecule has 3 rings (SSSR count). The maximum atomic E-state index is 13.6. The van der Waals surface area contributed by atoms with Crippen molar-refractivity contribution >= 4 is 5.91 Å². The van der Waals surface area contributed by atoms with Gasteiger partial charge in [0.05, 0.1) is 26.1 Å². The highest BCUT2D eigenvalue weighted by Gasteiger charge is 2.50. The van der Waals surface area contributed by atoms with E-state index in [0.717, 1.165) is 26.1 Å². The normalized spacial score (nSPS) is 22.8. The second kappa shape index (κ2) is 6.34. The molecular formula is C17H22FNO3. The Morgan fingerprint density at radius 3 is 2.95 bits per heavy atom. The van der Waals surface area contributed by atoms with Gasteiger partial charge in [-0.05, 0) is 30.4 Å². The molecule has 5 heteroatoms. The van der Waals surface area contributed by atoms with Crippen molar-refractivity contribution < 1.29 is 18.7 Å². The van der Waals surface area contributed by atoms with Crippen LogP contribution < -0.4 is 0 Å². The lowest BCUT2D eigenvalue weighted by atomic mass is 9.85. The van der Waals surface area contributed by atoms with Gasteiger partial charge >= 0.3 is 0 Å². The van der Waals surface area contributed by atoms with Gasteiger partial charge in [-0.2, -0.15) is 0 Å². The Hall–Kier alpha value is -1.46. The highest BCUT2D eigenvalue weighted by atomic mass is 19.1. The van der Waals surface area contributed by atoms with E-state index in [9.17, 15) is 9.18 Å². The lowest BCUT2D eigenvalue weighted by Gasteiger charge is -2.47. The van der Waals surface area contributed by atoms with Gasteiger partial charge in [0.1, 0.15) is 11.4 Å². The molecule has 2 fully saturated rings. The molecule has 0 aromatic heterocycles. The summed E-state index contributed by atoms with van der Waals surface area (Å²) in [4.78, 5) is 14.0. The Morgan fingerprint density at radius 2 is 2.23 bits per heavy atom. The Labute approximate surface area is 130 Å². The quantitative estimate of drug-likeness (QED) is 0.835. The zero-order chi connectivity index (χ0) is 15.6. The minimum Gasteiger partial charge on any atom is -0.385 e. The second-order valence-corrected chi connectivity index (χ2v) is 6.36. The minimum absolute atomic E-state index is 0.0281. The van der Waals surface area contributed by atoms with Crippen LogP contribution in [-0.2, 0) is 20.7 Å². The number of hydrogen-bond acceptors (Lipinski definition) is 3. The lowest BCUT2D eigenvalue weighted by molar-refractivity contribution is -0.157. The number of ether oxygens (including phenoxy) is 2. The zero-order valence-electron chi connectivity index (χ0n) is 12.9. The number of hydrogen-bond donors (Lipinski definition) is 0. The van der Waals surface area contributed by atoms with E-state index in [-0.39, 0.29) is 23.7 Å². The predicted octanol–water partition coefficient (Wildman–Crippen LogP) is 2.02. The third-order valence-electron chi connectivity index (χ3n) is 4.63. The van der Waals surface area contributed by atoms with Gasteiger partial charge in [-0.3, -0.25) is 4.79 Å². The van der Waals surface area contributed by atoms with Crippen molar-refractivity contribution in [3.05, 3.63) is 35.6 Å². The van der Waals surface area contributed by atoms with Crippen molar-refractivity contribution in [3.63, 3.8) is 0 Å². The number of halogens is 1. The van der Waals surface area contributed by atoms with E-state index in [1.807, 2.05) is 0 Å². The highest BCUT2D eigenvalue weighted by molar-refractivity contribution is 5.80. The second-order valence-electron chi connectivity index (χ2n) is 6.36. The van der Waals surface area contributed by atoms with Crippen LogP contribution >= 0.6 is 0 Å². The Morgan fingerprint density at radius 1 is 1.45 bits per heavy atom. The Bertz CT molecular complexity index is 542. The van der Waals surface area contributed by atoms with Gasteiger partial charge in [0.25, 0.3) is 0 Å². The van der Waals surface area contributed by atoms with Crippen molar-refractivity contribution in [1.82, 2.24) is 4.90 Å². The maximum absolute atomic E-state index is 13.6. The summed E-state index contributed by atoms with van der Waals surface area (Å²) in [5, 5.41) is 0. The molecule has 4 nitrogen and oxygen atoms in total. The first kappa shape index (κ1) is 15.4. The number of benzene rings is 1. The summed E-state index contributed by atoms with van der Waals surface area (Å²) in [6.45, 7) is 2.76. The van der Waals surface area contributed by atoms with Crippen LogP contribution in [0.5, 0.6) is 0 Å². The fourth-order valence-corrected chi connectivity index (χ4v) is 3.37. The van der Waals surface area contributed by atoms with Crippen molar-refractivity contribution in [1.29, 1.82) is 0 Å². The van der Waals surface area contributed by atoms with Crippen molar-refractivity contribution in [2.45, 2.75) is 24.9 Å². The molecule has 120 valence electrons. The van der Waals surface area contributed by atoms with Gasteiger partial charge in [-0.1, -0.05) is 18.2 Å². The summed E-state index contributed by atoms with van der Waals surface area (Å²) in [6, 6.07) is 6.44. The smallest absolute Gasteiger partial charge is 0.227 e. The minimum atomic E-state index is -0.317. The van der Waals surface area contributed by atoms with E-state index in [0.29, 0.717) is 24.6 Å². The first-order valence-corrected chi connectivity index (χ1v) is 7.76. The van der Waals surface area contributed by atoms with E-state index < -0.39 is 0 Å². The van der Waals surface area contributed by atoms with E-state index in [2.05, 4.69) is 0 Å². The van der Waals surface area contributed by atoms with E-state index in [1.54, 1.807) is 30.2 Å². The lowest BCUT2D eigenvalue weighted by Crippen LogP contribution is -2.63. The Kier molecular flexibility index (Phi) is 4.45. The Balaban J connectivity index is 1.49. The molecule has 22 heavy (non-hydrogen) atoms. The number of carbonyl (C=O) groups excluding carboxylic acids is 1. The molecule has 0 radical (unpaired) electrons. The molecule has 1 spiro atoms. The number of methoxy groups -OCH3 is 1. The molecule has 2 aliphatic rings. The van der Waals surface area contributed by atoms with E-state index in [4.69, 9.17) is 9.47 Å². The summed E-state index contributed by atoms with van der Waals surface area (Å²) >= 11 is 0. The molecular weight excluding hydrogens is 285 g/mol. The molecule has 2 heterocycles. The van der Waals surface area contributed by atoms with Crippen LogP contribution in [0.1, 0.15) is 18.4 Å². The summed E-state index contributed by atoms with van der Waals surface area (Å²) in [6.07, 6.45) is 2.11. The largest absolute Gasteiger partial charge is 0.385 e. The van der Waals surface area contributed by atoms with Crippen LogP contribution in [0.25, 0.3) is 0 Å². The van der Waals surface area contributed by atoms with Gasteiger partial charge in [0.2, 0.25) is 5.91 Å². The summed E-state index contributed by atoms with van der Waals surface area (Å²) < 4.78 is 24.6. The number of amides is 1. The molecule has 0 saturated carbocycles. The van der Waals surface area contributed by atoms with Crippen molar-refractivity contribution in [2.24, 2.45) is 5.92 Å². The van der Waals surface area contributed by atoms with E-state index >= 15 is 0 Å². The van der Waals surface area contributed by atoms with Crippen LogP contribution in [-0.4, -0.2) is 49.8 Å². The first-order valence-electron chi connectivity index (χ1n) is 7.76. The van der Waals surface area contributed by atoms with Crippen LogP contribution in [0.15, 0.2) is 24.3 Å². The van der Waals surface area contributed by atoms with Gasteiger partial charge in [0, 0.05) is 13.7 Å². The molecule has 0 aliphatic carbocycles. The third kappa shape index (κ3) is 3.15. The van der Waals surface area contributed by atoms with Gasteiger partial charge < -0.3 is 14.4 Å². The van der Waals surface area contributed by atoms with Crippen molar-refractivity contribution in [3.8, 4) is 0 Å². The SMILES string of the molecule is COCCC1COC2(C1)CN(C(=O)Cc1ccccc1F)C2. The average Bonchev–Trinajstić information content (AvgIpc) is 2.90. The topological polar surface area (TPSA) is 38.8 Å². The number of rotatable bonds is 5. The fourth-order valence-electron chi connectivity index (χ4n) is 3.37. The van der Waals surface area contributed by atoms with E-state index in [1.165, 1.54) is 6.07 Å². The summed E-state index contributed by atoms with van der Waals surface area (Å²) in [5.41, 5.74) is 0.294.